The molecular weight excluding hydrogens is 356 g/mol. The summed E-state index contributed by atoms with van der Waals surface area (Å²) in [5.41, 5.74) is 3.98. The molecule has 2 aromatic heterocycles. The highest BCUT2D eigenvalue weighted by molar-refractivity contribution is 6.99. The molecule has 0 fully saturated rings. The Morgan fingerprint density at radius 1 is 0.800 bits per heavy atom. The van der Waals surface area contributed by atoms with Crippen LogP contribution in [0.25, 0.3) is 11.1 Å². The van der Waals surface area contributed by atoms with E-state index in [0.717, 1.165) is 50.4 Å². The standard InChI is InChI=1S/C16H20N6OS2/c1-21-7-3-5-11(9-21)13-15(19-24-17-13)23-16-14(18-25-20-16)12-6-4-8-22(2)10-12/h5-6H,3-4,7-10H2,1-2H3. The Bertz CT molecular complexity index is 745. The van der Waals surface area contributed by atoms with Crippen LogP contribution in [0.4, 0.5) is 0 Å². The zero-order valence-electron chi connectivity index (χ0n) is 14.3. The van der Waals surface area contributed by atoms with Gasteiger partial charge >= 0.3 is 0 Å². The van der Waals surface area contributed by atoms with Crippen molar-refractivity contribution >= 4 is 34.6 Å². The maximum atomic E-state index is 6.05. The highest BCUT2D eigenvalue weighted by Gasteiger charge is 2.23. The van der Waals surface area contributed by atoms with E-state index < -0.39 is 0 Å². The fourth-order valence-corrected chi connectivity index (χ4v) is 4.14. The van der Waals surface area contributed by atoms with Crippen LogP contribution in [0.15, 0.2) is 12.2 Å². The maximum absolute atomic E-state index is 6.05. The van der Waals surface area contributed by atoms with E-state index in [1.807, 2.05) is 0 Å². The van der Waals surface area contributed by atoms with Crippen molar-refractivity contribution in [1.82, 2.24) is 27.3 Å². The van der Waals surface area contributed by atoms with E-state index in [0.29, 0.717) is 11.8 Å². The summed E-state index contributed by atoms with van der Waals surface area (Å²) >= 11 is 2.35. The molecule has 0 aromatic carbocycles. The van der Waals surface area contributed by atoms with Gasteiger partial charge < -0.3 is 14.5 Å². The highest BCUT2D eigenvalue weighted by Crippen LogP contribution is 2.34. The molecule has 2 aromatic rings. The summed E-state index contributed by atoms with van der Waals surface area (Å²) in [5, 5.41) is 0. The van der Waals surface area contributed by atoms with Gasteiger partial charge in [0.05, 0.1) is 23.5 Å². The lowest BCUT2D eigenvalue weighted by Gasteiger charge is -2.22. The monoisotopic (exact) mass is 376 g/mol. The molecule has 132 valence electrons. The van der Waals surface area contributed by atoms with Crippen molar-refractivity contribution in [2.75, 3.05) is 40.3 Å². The Labute approximate surface area is 155 Å². The largest absolute Gasteiger partial charge is 0.414 e. The van der Waals surface area contributed by atoms with Crippen LogP contribution in [0.1, 0.15) is 24.2 Å². The number of ether oxygens (including phenoxy) is 1. The lowest BCUT2D eigenvalue weighted by molar-refractivity contribution is 0.370. The van der Waals surface area contributed by atoms with Gasteiger partial charge in [-0.1, -0.05) is 12.2 Å². The summed E-state index contributed by atoms with van der Waals surface area (Å²) < 4.78 is 23.7. The number of hydrogen-bond donors (Lipinski definition) is 0. The lowest BCUT2D eigenvalue weighted by Crippen LogP contribution is -2.25. The molecular formula is C16H20N6OS2. The molecule has 0 amide bonds. The van der Waals surface area contributed by atoms with Gasteiger partial charge in [0.15, 0.2) is 0 Å². The number of hydrogen-bond acceptors (Lipinski definition) is 9. The summed E-state index contributed by atoms with van der Waals surface area (Å²) in [4.78, 5) is 4.55. The first-order valence-corrected chi connectivity index (χ1v) is 9.75. The SMILES string of the molecule is CN1CCC=C(c2nsnc2Oc2nsnc2C2=CCCN(C)C2)C1. The second-order valence-electron chi connectivity index (χ2n) is 6.45. The number of rotatable bonds is 4. The Morgan fingerprint density at radius 2 is 1.28 bits per heavy atom. The van der Waals surface area contributed by atoms with Gasteiger partial charge in [-0.05, 0) is 38.1 Å². The van der Waals surface area contributed by atoms with Crippen molar-refractivity contribution in [2.45, 2.75) is 12.8 Å². The smallest absolute Gasteiger partial charge is 0.260 e. The van der Waals surface area contributed by atoms with E-state index in [-0.39, 0.29) is 0 Å². The molecule has 9 heteroatoms. The first-order valence-electron chi connectivity index (χ1n) is 8.29. The van der Waals surface area contributed by atoms with E-state index in [1.54, 1.807) is 0 Å². The third-order valence-corrected chi connectivity index (χ3v) is 5.43. The van der Waals surface area contributed by atoms with Gasteiger partial charge in [0.2, 0.25) is 0 Å². The van der Waals surface area contributed by atoms with Crippen LogP contribution in [0, 0.1) is 0 Å². The van der Waals surface area contributed by atoms with Crippen LogP contribution in [0.2, 0.25) is 0 Å². The lowest BCUT2D eigenvalue weighted by atomic mass is 10.1. The Balaban J connectivity index is 1.59. The summed E-state index contributed by atoms with van der Waals surface area (Å²) in [6.07, 6.45) is 6.49. The third kappa shape index (κ3) is 3.64. The molecule has 2 aliphatic rings. The molecule has 0 saturated carbocycles. The van der Waals surface area contributed by atoms with Crippen molar-refractivity contribution in [3.63, 3.8) is 0 Å². The average Bonchev–Trinajstić information content (AvgIpc) is 3.25. The van der Waals surface area contributed by atoms with Crippen LogP contribution in [-0.4, -0.2) is 67.6 Å². The summed E-state index contributed by atoms with van der Waals surface area (Å²) in [6, 6.07) is 0. The minimum atomic E-state index is 0.533. The molecule has 0 bridgehead atoms. The molecule has 0 N–H and O–H groups in total. The molecule has 0 saturated heterocycles. The van der Waals surface area contributed by atoms with Crippen molar-refractivity contribution in [3.8, 4) is 11.8 Å². The molecule has 7 nitrogen and oxygen atoms in total. The second kappa shape index (κ2) is 7.28. The predicted molar refractivity (Wildman–Crippen MR) is 100 cm³/mol. The summed E-state index contributed by atoms with van der Waals surface area (Å²) in [7, 11) is 4.23. The van der Waals surface area contributed by atoms with Crippen molar-refractivity contribution < 1.29 is 4.74 Å². The van der Waals surface area contributed by atoms with Crippen LogP contribution in [-0.2, 0) is 0 Å². The zero-order chi connectivity index (χ0) is 17.2. The van der Waals surface area contributed by atoms with Crippen LogP contribution >= 0.6 is 23.5 Å². The summed E-state index contributed by atoms with van der Waals surface area (Å²) in [5.74, 6) is 1.07. The van der Waals surface area contributed by atoms with Gasteiger partial charge in [0.25, 0.3) is 11.8 Å². The predicted octanol–water partition coefficient (Wildman–Crippen LogP) is 2.62. The number of aromatic nitrogens is 4. The first kappa shape index (κ1) is 16.8. The van der Waals surface area contributed by atoms with Gasteiger partial charge in [-0.25, -0.2) is 0 Å². The highest BCUT2D eigenvalue weighted by atomic mass is 32.1. The third-order valence-electron chi connectivity index (χ3n) is 4.40. The van der Waals surface area contributed by atoms with E-state index >= 15 is 0 Å². The van der Waals surface area contributed by atoms with E-state index in [1.165, 1.54) is 34.6 Å². The molecule has 4 rings (SSSR count). The summed E-state index contributed by atoms with van der Waals surface area (Å²) in [6.45, 7) is 3.86. The Kier molecular flexibility index (Phi) is 4.89. The van der Waals surface area contributed by atoms with Gasteiger partial charge in [-0.3, -0.25) is 0 Å². The second-order valence-corrected chi connectivity index (χ2v) is 7.51. The van der Waals surface area contributed by atoms with Crippen molar-refractivity contribution in [2.24, 2.45) is 0 Å². The van der Waals surface area contributed by atoms with E-state index in [4.69, 9.17) is 4.74 Å². The maximum Gasteiger partial charge on any atom is 0.260 e. The minimum absolute atomic E-state index is 0.533. The number of likely N-dealkylation sites (N-methyl/N-ethyl adjacent to an activating group) is 2. The van der Waals surface area contributed by atoms with Gasteiger partial charge in [0.1, 0.15) is 11.4 Å². The zero-order valence-corrected chi connectivity index (χ0v) is 15.9. The molecule has 0 radical (unpaired) electrons. The van der Waals surface area contributed by atoms with Crippen LogP contribution in [0.5, 0.6) is 11.8 Å². The Morgan fingerprint density at radius 3 is 1.72 bits per heavy atom. The van der Waals surface area contributed by atoms with Crippen molar-refractivity contribution in [1.29, 1.82) is 0 Å². The molecule has 2 aliphatic heterocycles. The van der Waals surface area contributed by atoms with Crippen molar-refractivity contribution in [3.05, 3.63) is 23.5 Å². The molecule has 0 unspecified atom stereocenters. The average molecular weight is 377 g/mol. The topological polar surface area (TPSA) is 67.3 Å². The molecule has 0 aliphatic carbocycles. The molecule has 25 heavy (non-hydrogen) atoms. The first-order chi connectivity index (χ1) is 12.2. The van der Waals surface area contributed by atoms with Crippen LogP contribution in [0.3, 0.4) is 0 Å². The van der Waals surface area contributed by atoms with E-state index in [9.17, 15) is 0 Å². The van der Waals surface area contributed by atoms with Gasteiger partial charge in [-0.2, -0.15) is 8.75 Å². The minimum Gasteiger partial charge on any atom is -0.414 e. The fourth-order valence-electron chi connectivity index (χ4n) is 3.11. The van der Waals surface area contributed by atoms with Gasteiger partial charge in [-0.15, -0.1) is 8.75 Å². The van der Waals surface area contributed by atoms with Gasteiger partial charge in [0, 0.05) is 26.2 Å². The molecule has 0 atom stereocenters. The fraction of sp³-hybridized carbons (Fsp3) is 0.500. The van der Waals surface area contributed by atoms with E-state index in [2.05, 4.69) is 53.5 Å². The molecule has 4 heterocycles. The Hall–Kier alpha value is -1.68. The molecule has 0 spiro atoms. The number of nitrogens with zero attached hydrogens (tertiary/aromatic N) is 6. The van der Waals surface area contributed by atoms with Crippen LogP contribution < -0.4 is 4.74 Å². The normalized spacial score (nSPS) is 19.6. The quantitative estimate of drug-likeness (QED) is 0.812.